The van der Waals surface area contributed by atoms with Crippen molar-refractivity contribution in [1.82, 2.24) is 0 Å². The second kappa shape index (κ2) is 6.51. The van der Waals surface area contributed by atoms with Crippen LogP contribution in [0, 0.1) is 0 Å². The second-order valence-electron chi connectivity index (χ2n) is 0.816. The maximum atomic E-state index is 8.59. The van der Waals surface area contributed by atoms with Gasteiger partial charge in [-0.3, -0.25) is 0 Å². The zero-order valence-electron chi connectivity index (χ0n) is 4.58. The van der Waals surface area contributed by atoms with Gasteiger partial charge in [0.05, 0.1) is 0 Å². The first-order valence-corrected chi connectivity index (χ1v) is 6.93. The summed E-state index contributed by atoms with van der Waals surface area (Å²) in [4.78, 5) is 0. The molecule has 0 aliphatic rings. The fraction of sp³-hybridized carbons (Fsp3) is 0. The van der Waals surface area contributed by atoms with Gasteiger partial charge in [0.2, 0.25) is 0 Å². The van der Waals surface area contributed by atoms with Crippen molar-refractivity contribution in [3.05, 3.63) is 0 Å². The summed E-state index contributed by atoms with van der Waals surface area (Å²) >= 11 is -11.5. The van der Waals surface area contributed by atoms with Crippen molar-refractivity contribution in [2.24, 2.45) is 0 Å². The van der Waals surface area contributed by atoms with Crippen LogP contribution in [-0.2, 0) is 15.3 Å². The Bertz CT molecular complexity index is 208. The molecule has 0 aliphatic heterocycles. The zero-order chi connectivity index (χ0) is 9.00. The number of hydrogen-bond acceptors (Lipinski definition) is 8. The van der Waals surface area contributed by atoms with Crippen molar-refractivity contribution in [2.75, 3.05) is 0 Å². The average Bonchev–Trinajstić information content (AvgIpc) is 1.12. The van der Waals surface area contributed by atoms with Crippen molar-refractivity contribution in [2.45, 2.75) is 0 Å². The van der Waals surface area contributed by atoms with Crippen LogP contribution in [0.5, 0.6) is 0 Å². The van der Waals surface area contributed by atoms with E-state index < -0.39 is 26.7 Å². The van der Waals surface area contributed by atoms with Crippen LogP contribution in [0.4, 0.5) is 0 Å². The molecule has 0 aromatic rings. The first-order valence-electron chi connectivity index (χ1n) is 1.33. The Morgan fingerprint density at radius 1 is 0.636 bits per heavy atom. The Morgan fingerprint density at radius 2 is 0.636 bits per heavy atom. The minimum atomic E-state index is -5.75. The predicted molar refractivity (Wildman–Crippen MR) is 20.0 cm³/mol. The summed E-state index contributed by atoms with van der Waals surface area (Å²) in [6.45, 7) is 0. The Kier molecular flexibility index (Phi) is 10.6. The van der Waals surface area contributed by atoms with Crippen LogP contribution in [0.3, 0.4) is 0 Å². The summed E-state index contributed by atoms with van der Waals surface area (Å²) in [6, 6.07) is 0. The second-order valence-corrected chi connectivity index (χ2v) is 4.24. The zero-order valence-corrected chi connectivity index (χ0v) is 11.9. The van der Waals surface area contributed by atoms with Crippen molar-refractivity contribution in [1.29, 1.82) is 0 Å². The molecular formula is O8PbSe2-4. The summed E-state index contributed by atoms with van der Waals surface area (Å²) in [7, 11) is 0. The molecule has 0 N–H and O–H groups in total. The van der Waals surface area contributed by atoms with Crippen molar-refractivity contribution >= 4 is 54.0 Å². The summed E-state index contributed by atoms with van der Waals surface area (Å²) in [5, 5.41) is 0. The van der Waals surface area contributed by atoms with Crippen LogP contribution in [0.25, 0.3) is 0 Å². The Balaban J connectivity index is -0.000000107. The molecule has 0 amide bonds. The van der Waals surface area contributed by atoms with E-state index in [1.807, 2.05) is 0 Å². The molecular weight excluding hydrogens is 493 g/mol. The van der Waals surface area contributed by atoms with E-state index in [0.717, 1.165) is 0 Å². The fourth-order valence-corrected chi connectivity index (χ4v) is 0. The van der Waals surface area contributed by atoms with Gasteiger partial charge in [0.15, 0.2) is 0 Å². The first-order chi connectivity index (χ1) is 4.00. The summed E-state index contributed by atoms with van der Waals surface area (Å²) in [6.07, 6.45) is 0. The van der Waals surface area contributed by atoms with E-state index in [1.54, 1.807) is 0 Å². The van der Waals surface area contributed by atoms with Gasteiger partial charge >= 0.3 is 58.8 Å². The van der Waals surface area contributed by atoms with Gasteiger partial charge in [0.1, 0.15) is 0 Å². The van der Waals surface area contributed by atoms with Gasteiger partial charge in [-0.05, 0) is 0 Å². The molecule has 8 nitrogen and oxygen atoms in total. The van der Waals surface area contributed by atoms with E-state index in [1.165, 1.54) is 0 Å². The molecule has 0 saturated carbocycles. The van der Waals surface area contributed by atoms with Gasteiger partial charge in [-0.15, -0.1) is 0 Å². The molecule has 11 heavy (non-hydrogen) atoms. The third-order valence-corrected chi connectivity index (χ3v) is 0. The van der Waals surface area contributed by atoms with E-state index in [9.17, 15) is 0 Å². The third kappa shape index (κ3) is 889. The van der Waals surface area contributed by atoms with Crippen molar-refractivity contribution in [3.8, 4) is 0 Å². The largest absolute Gasteiger partial charge is 0 e. The summed E-state index contributed by atoms with van der Waals surface area (Å²) in [5.74, 6) is 0. The minimum Gasteiger partial charge on any atom is 0 e. The van der Waals surface area contributed by atoms with E-state index >= 15 is 0 Å². The molecule has 0 rings (SSSR count). The minimum absolute atomic E-state index is 0. The van der Waals surface area contributed by atoms with Gasteiger partial charge in [-0.1, -0.05) is 0 Å². The normalized spacial score (nSPS) is 10.5. The van der Waals surface area contributed by atoms with Crippen LogP contribution in [0.15, 0.2) is 0 Å². The molecule has 0 unspecified atom stereocenters. The monoisotopic (exact) mass is 496 g/mol. The maximum Gasteiger partial charge on any atom is 0 e. The van der Waals surface area contributed by atoms with Crippen molar-refractivity contribution in [3.63, 3.8) is 0 Å². The van der Waals surface area contributed by atoms with E-state index in [2.05, 4.69) is 0 Å². The molecule has 0 fully saturated rings. The average molecular weight is 493 g/mol. The fourth-order valence-electron chi connectivity index (χ4n) is 0. The molecule has 11 heteroatoms. The molecule has 0 aromatic heterocycles. The third-order valence-electron chi connectivity index (χ3n) is 0. The Hall–Kier alpha value is 1.00. The molecule has 0 saturated heterocycles. The molecule has 0 heterocycles. The molecule has 0 atom stereocenters. The number of rotatable bonds is 0. The quantitative estimate of drug-likeness (QED) is 0.301. The van der Waals surface area contributed by atoms with E-state index in [4.69, 9.17) is 32.1 Å². The van der Waals surface area contributed by atoms with Crippen LogP contribution in [0.2, 0.25) is 0 Å². The van der Waals surface area contributed by atoms with Gasteiger partial charge in [0, 0.05) is 27.3 Å². The van der Waals surface area contributed by atoms with Gasteiger partial charge in [-0.25, -0.2) is 0 Å². The maximum absolute atomic E-state index is 8.59. The van der Waals surface area contributed by atoms with Crippen LogP contribution in [-0.4, -0.2) is 54.0 Å². The van der Waals surface area contributed by atoms with Gasteiger partial charge in [-0.2, -0.15) is 0 Å². The van der Waals surface area contributed by atoms with Crippen LogP contribution in [0.1, 0.15) is 0 Å². The Morgan fingerprint density at radius 3 is 0.636 bits per heavy atom. The number of hydrogen-bond donors (Lipinski definition) is 0. The molecule has 4 radical (unpaired) electrons. The first kappa shape index (κ1) is 17.9. The smallest absolute Gasteiger partial charge is 0 e. The molecule has 0 spiro atoms. The SMILES string of the molecule is O=[Se](=O)([O-])[O-].O=[Se](=O)([O-])[O-].[Pb]. The van der Waals surface area contributed by atoms with E-state index in [-0.39, 0.29) is 27.3 Å². The van der Waals surface area contributed by atoms with Gasteiger partial charge in [0.25, 0.3) is 0 Å². The topological polar surface area (TPSA) is 161 Å². The Labute approximate surface area is 85.6 Å². The van der Waals surface area contributed by atoms with Crippen LogP contribution >= 0.6 is 0 Å². The predicted octanol–water partition coefficient (Wildman–Crippen LogP) is -6.37. The molecule has 0 aromatic carbocycles. The summed E-state index contributed by atoms with van der Waals surface area (Å²) in [5.41, 5.74) is 0. The van der Waals surface area contributed by atoms with Gasteiger partial charge < -0.3 is 0 Å². The standard InChI is InChI=1S/2H2O4Se.Pb/c2*1-5(2,3)4;/h2*(H2,1,2,3,4);/p-4. The van der Waals surface area contributed by atoms with E-state index in [0.29, 0.717) is 0 Å². The molecule has 0 bridgehead atoms. The summed E-state index contributed by atoms with van der Waals surface area (Å²) < 4.78 is 68.8. The van der Waals surface area contributed by atoms with Crippen LogP contribution < -0.4 is 16.8 Å². The molecule has 68 valence electrons. The molecule has 0 aliphatic carbocycles. The van der Waals surface area contributed by atoms with Crippen molar-refractivity contribution < 1.29 is 32.1 Å².